The fourth-order valence-corrected chi connectivity index (χ4v) is 5.03. The third-order valence-electron chi connectivity index (χ3n) is 6.16. The van der Waals surface area contributed by atoms with Crippen LogP contribution in [0.3, 0.4) is 0 Å². The van der Waals surface area contributed by atoms with Crippen LogP contribution < -0.4 is 9.62 Å². The van der Waals surface area contributed by atoms with Crippen LogP contribution in [-0.2, 0) is 32.3 Å². The lowest BCUT2D eigenvalue weighted by Gasteiger charge is -2.31. The number of hydrogen-bond acceptors (Lipinski definition) is 4. The number of rotatable bonds is 13. The number of nitrogens with one attached hydrogen (secondary N) is 1. The molecule has 2 aromatic carbocycles. The fraction of sp³-hybridized carbons (Fsp3) is 0.500. The molecule has 7 nitrogen and oxygen atoms in total. The van der Waals surface area contributed by atoms with E-state index in [1.54, 1.807) is 0 Å². The van der Waals surface area contributed by atoms with Gasteiger partial charge in [0, 0.05) is 26.1 Å². The molecule has 0 radical (unpaired) electrons. The summed E-state index contributed by atoms with van der Waals surface area (Å²) in [5, 5.41) is 2.88. The third kappa shape index (κ3) is 9.87. The number of carbonyl (C=O) groups is 2. The zero-order chi connectivity index (χ0) is 29.4. The van der Waals surface area contributed by atoms with Gasteiger partial charge in [-0.2, -0.15) is 13.2 Å². The Balaban J connectivity index is 2.25. The first-order valence-electron chi connectivity index (χ1n) is 12.9. The van der Waals surface area contributed by atoms with Crippen LogP contribution in [0.2, 0.25) is 0 Å². The highest BCUT2D eigenvalue weighted by Gasteiger charge is 2.32. The second-order valence-electron chi connectivity index (χ2n) is 10.1. The first-order valence-corrected chi connectivity index (χ1v) is 14.8. The number of benzene rings is 2. The Hall–Kier alpha value is -3.08. The highest BCUT2D eigenvalue weighted by molar-refractivity contribution is 7.92. The van der Waals surface area contributed by atoms with E-state index in [4.69, 9.17) is 0 Å². The summed E-state index contributed by atoms with van der Waals surface area (Å²) in [5.74, 6) is -0.390. The summed E-state index contributed by atoms with van der Waals surface area (Å²) >= 11 is 0. The first-order chi connectivity index (χ1) is 18.1. The topological polar surface area (TPSA) is 86.8 Å². The van der Waals surface area contributed by atoms with E-state index in [-0.39, 0.29) is 49.4 Å². The van der Waals surface area contributed by atoms with Gasteiger partial charge in [0.05, 0.1) is 17.5 Å². The molecule has 2 amide bonds. The van der Waals surface area contributed by atoms with Crippen LogP contribution >= 0.6 is 0 Å². The van der Waals surface area contributed by atoms with Gasteiger partial charge in [0.1, 0.15) is 6.04 Å². The van der Waals surface area contributed by atoms with E-state index in [0.29, 0.717) is 13.0 Å². The molecular formula is C28H38F3N3O4S. The number of halogens is 3. The maximum absolute atomic E-state index is 13.4. The SMILES string of the molecule is CC[C@H](C(=O)NCC(C)C)N(Cc1ccc(C)cc1)C(=O)CCCN(c1cccc(C(F)(F)F)c1)S(C)(=O)=O. The van der Waals surface area contributed by atoms with Gasteiger partial charge in [0.2, 0.25) is 21.8 Å². The molecule has 2 rings (SSSR count). The van der Waals surface area contributed by atoms with Crippen molar-refractivity contribution in [2.24, 2.45) is 5.92 Å². The Morgan fingerprint density at radius 3 is 2.23 bits per heavy atom. The van der Waals surface area contributed by atoms with Crippen LogP contribution in [0.5, 0.6) is 0 Å². The van der Waals surface area contributed by atoms with Crippen LogP contribution in [0.25, 0.3) is 0 Å². The zero-order valence-electron chi connectivity index (χ0n) is 23.1. The molecule has 0 heterocycles. The summed E-state index contributed by atoms with van der Waals surface area (Å²) < 4.78 is 65.3. The number of alkyl halides is 3. The Bertz CT molecular complexity index is 1220. The zero-order valence-corrected chi connectivity index (χ0v) is 23.9. The van der Waals surface area contributed by atoms with Crippen molar-refractivity contribution in [3.05, 3.63) is 65.2 Å². The molecule has 11 heteroatoms. The van der Waals surface area contributed by atoms with Gasteiger partial charge >= 0.3 is 6.18 Å². The molecule has 1 N–H and O–H groups in total. The minimum atomic E-state index is -4.63. The summed E-state index contributed by atoms with van der Waals surface area (Å²) in [6.07, 6.45) is -3.38. The molecule has 0 aliphatic rings. The predicted molar refractivity (Wildman–Crippen MR) is 147 cm³/mol. The first kappa shape index (κ1) is 32.1. The third-order valence-corrected chi connectivity index (χ3v) is 7.35. The Morgan fingerprint density at radius 2 is 1.69 bits per heavy atom. The molecule has 1 atom stereocenters. The Kier molecular flexibility index (Phi) is 11.4. The summed E-state index contributed by atoms with van der Waals surface area (Å²) in [6.45, 7) is 8.15. The number of amides is 2. The lowest BCUT2D eigenvalue weighted by Crippen LogP contribution is -2.49. The van der Waals surface area contributed by atoms with Crippen LogP contribution in [0.15, 0.2) is 48.5 Å². The van der Waals surface area contributed by atoms with E-state index < -0.39 is 27.8 Å². The maximum atomic E-state index is 13.4. The van der Waals surface area contributed by atoms with Gasteiger partial charge in [-0.15, -0.1) is 0 Å². The second-order valence-corrected chi connectivity index (χ2v) is 12.0. The monoisotopic (exact) mass is 569 g/mol. The summed E-state index contributed by atoms with van der Waals surface area (Å²) in [7, 11) is -3.92. The quantitative estimate of drug-likeness (QED) is 0.362. The maximum Gasteiger partial charge on any atom is 0.416 e. The molecule has 216 valence electrons. The number of aryl methyl sites for hydroxylation is 1. The van der Waals surface area contributed by atoms with Gasteiger partial charge in [-0.25, -0.2) is 8.42 Å². The minimum absolute atomic E-state index is 0.0522. The number of hydrogen-bond donors (Lipinski definition) is 1. The lowest BCUT2D eigenvalue weighted by molar-refractivity contribution is -0.141. The van der Waals surface area contributed by atoms with Crippen molar-refractivity contribution >= 4 is 27.5 Å². The van der Waals surface area contributed by atoms with E-state index in [9.17, 15) is 31.2 Å². The van der Waals surface area contributed by atoms with Crippen LogP contribution in [-0.4, -0.2) is 50.5 Å². The molecule has 0 unspecified atom stereocenters. The van der Waals surface area contributed by atoms with Gasteiger partial charge in [0.25, 0.3) is 0 Å². The van der Waals surface area contributed by atoms with Crippen molar-refractivity contribution in [2.45, 2.75) is 65.7 Å². The molecule has 0 aromatic heterocycles. The van der Waals surface area contributed by atoms with Gasteiger partial charge in [-0.1, -0.05) is 56.7 Å². The van der Waals surface area contributed by atoms with Crippen molar-refractivity contribution in [2.75, 3.05) is 23.7 Å². The number of sulfonamides is 1. The highest BCUT2D eigenvalue weighted by atomic mass is 32.2. The van der Waals surface area contributed by atoms with E-state index in [1.165, 1.54) is 11.0 Å². The molecule has 2 aromatic rings. The van der Waals surface area contributed by atoms with Gasteiger partial charge < -0.3 is 10.2 Å². The second kappa shape index (κ2) is 13.8. The molecule has 0 fully saturated rings. The average Bonchev–Trinajstić information content (AvgIpc) is 2.85. The van der Waals surface area contributed by atoms with E-state index >= 15 is 0 Å². The standard InChI is InChI=1S/C28H38F3N3O4S/c1-6-25(27(36)32-18-20(2)3)33(19-22-14-12-21(4)13-15-22)26(35)11-8-16-34(39(5,37)38)24-10-7-9-23(17-24)28(29,30)31/h7,9-10,12-15,17,20,25H,6,8,11,16,18-19H2,1-5H3,(H,32,36)/t25-/m1/s1. The van der Waals surface area contributed by atoms with Crippen molar-refractivity contribution in [1.29, 1.82) is 0 Å². The van der Waals surface area contributed by atoms with Crippen molar-refractivity contribution < 1.29 is 31.2 Å². The normalized spacial score (nSPS) is 12.7. The largest absolute Gasteiger partial charge is 0.416 e. The molecular weight excluding hydrogens is 531 g/mol. The molecule has 39 heavy (non-hydrogen) atoms. The van der Waals surface area contributed by atoms with Gasteiger partial charge in [-0.05, 0) is 49.4 Å². The van der Waals surface area contributed by atoms with Crippen molar-refractivity contribution in [3.63, 3.8) is 0 Å². The van der Waals surface area contributed by atoms with Crippen LogP contribution in [0.4, 0.5) is 18.9 Å². The smallest absolute Gasteiger partial charge is 0.354 e. The summed E-state index contributed by atoms with van der Waals surface area (Å²) in [4.78, 5) is 27.9. The summed E-state index contributed by atoms with van der Waals surface area (Å²) in [6, 6.07) is 10.9. The molecule has 0 saturated heterocycles. The van der Waals surface area contributed by atoms with Gasteiger partial charge in [-0.3, -0.25) is 13.9 Å². The van der Waals surface area contributed by atoms with Crippen LogP contribution in [0.1, 0.15) is 56.7 Å². The van der Waals surface area contributed by atoms with Crippen LogP contribution in [0, 0.1) is 12.8 Å². The number of nitrogens with zero attached hydrogens (tertiary/aromatic N) is 2. The minimum Gasteiger partial charge on any atom is -0.354 e. The summed E-state index contributed by atoms with van der Waals surface area (Å²) in [5.41, 5.74) is 0.794. The van der Waals surface area contributed by atoms with Crippen molar-refractivity contribution in [3.8, 4) is 0 Å². The molecule has 0 aliphatic heterocycles. The Labute approximate surface area is 229 Å². The van der Waals surface area contributed by atoms with E-state index in [0.717, 1.165) is 39.9 Å². The van der Waals surface area contributed by atoms with E-state index in [1.807, 2.05) is 52.0 Å². The lowest BCUT2D eigenvalue weighted by atomic mass is 10.1. The fourth-order valence-electron chi connectivity index (χ4n) is 4.07. The highest BCUT2D eigenvalue weighted by Crippen LogP contribution is 2.32. The van der Waals surface area contributed by atoms with Gasteiger partial charge in [0.15, 0.2) is 0 Å². The van der Waals surface area contributed by atoms with E-state index in [2.05, 4.69) is 5.32 Å². The molecule has 0 bridgehead atoms. The Morgan fingerprint density at radius 1 is 1.05 bits per heavy atom. The number of carbonyl (C=O) groups excluding carboxylic acids is 2. The van der Waals surface area contributed by atoms with Crippen molar-refractivity contribution in [1.82, 2.24) is 10.2 Å². The average molecular weight is 570 g/mol. The molecule has 0 saturated carbocycles. The molecule has 0 spiro atoms. The number of anilines is 1. The molecule has 0 aliphatic carbocycles. The predicted octanol–water partition coefficient (Wildman–Crippen LogP) is 5.14.